The van der Waals surface area contributed by atoms with Crippen LogP contribution in [0.25, 0.3) is 0 Å². The Bertz CT molecular complexity index is 462. The first-order valence-electron chi connectivity index (χ1n) is 6.02. The van der Waals surface area contributed by atoms with Crippen LogP contribution in [-0.4, -0.2) is 37.1 Å². The van der Waals surface area contributed by atoms with E-state index in [0.29, 0.717) is 10.2 Å². The molecule has 3 nitrogen and oxygen atoms in total. The summed E-state index contributed by atoms with van der Waals surface area (Å²) in [5.74, 6) is -0.315. The fraction of sp³-hybridized carbons (Fsp3) is 0.538. The zero-order valence-electron chi connectivity index (χ0n) is 11.0. The maximum absolute atomic E-state index is 13.4. The van der Waals surface area contributed by atoms with E-state index in [2.05, 4.69) is 46.6 Å². The molecule has 1 saturated heterocycles. The smallest absolute Gasteiger partial charge is 0.139 e. The highest BCUT2D eigenvalue weighted by Gasteiger charge is 2.31. The van der Waals surface area contributed by atoms with Crippen LogP contribution in [0.15, 0.2) is 16.6 Å². The third kappa shape index (κ3) is 2.47. The second-order valence-corrected chi connectivity index (χ2v) is 6.34. The SMILES string of the molecule is CN1CCN(c2cc(Br)c(F)cc2N)CC1(C)C. The Morgan fingerprint density at radius 1 is 1.33 bits per heavy atom. The molecular formula is C13H19BrFN3. The van der Waals surface area contributed by atoms with E-state index in [4.69, 9.17) is 5.73 Å². The number of halogens is 2. The first-order valence-corrected chi connectivity index (χ1v) is 6.81. The topological polar surface area (TPSA) is 32.5 Å². The van der Waals surface area contributed by atoms with Gasteiger partial charge in [0, 0.05) is 31.2 Å². The number of anilines is 2. The first-order chi connectivity index (χ1) is 8.31. The van der Waals surface area contributed by atoms with Crippen molar-refractivity contribution in [3.05, 3.63) is 22.4 Å². The highest BCUT2D eigenvalue weighted by Crippen LogP contribution is 2.32. The Kier molecular flexibility index (Phi) is 3.56. The molecule has 100 valence electrons. The quantitative estimate of drug-likeness (QED) is 0.809. The third-order valence-corrected chi connectivity index (χ3v) is 4.33. The predicted molar refractivity (Wildman–Crippen MR) is 77.4 cm³/mol. The maximum atomic E-state index is 13.4. The van der Waals surface area contributed by atoms with Gasteiger partial charge in [0.1, 0.15) is 5.82 Å². The lowest BCUT2D eigenvalue weighted by molar-refractivity contribution is 0.139. The molecule has 1 aromatic carbocycles. The molecule has 0 bridgehead atoms. The molecule has 0 unspecified atom stereocenters. The van der Waals surface area contributed by atoms with Gasteiger partial charge in [0.2, 0.25) is 0 Å². The molecule has 0 aliphatic carbocycles. The van der Waals surface area contributed by atoms with Crippen LogP contribution in [0, 0.1) is 5.82 Å². The van der Waals surface area contributed by atoms with E-state index in [1.807, 2.05) is 0 Å². The largest absolute Gasteiger partial charge is 0.397 e. The lowest BCUT2D eigenvalue weighted by Crippen LogP contribution is -2.57. The first kappa shape index (κ1) is 13.6. The number of nitrogen functional groups attached to an aromatic ring is 1. The summed E-state index contributed by atoms with van der Waals surface area (Å²) in [4.78, 5) is 4.55. The van der Waals surface area contributed by atoms with E-state index in [1.54, 1.807) is 6.07 Å². The number of nitrogens with two attached hydrogens (primary N) is 1. The van der Waals surface area contributed by atoms with Gasteiger partial charge in [0.25, 0.3) is 0 Å². The van der Waals surface area contributed by atoms with Crippen molar-refractivity contribution in [2.24, 2.45) is 0 Å². The lowest BCUT2D eigenvalue weighted by Gasteiger charge is -2.46. The minimum atomic E-state index is -0.315. The van der Waals surface area contributed by atoms with E-state index >= 15 is 0 Å². The van der Waals surface area contributed by atoms with Crippen LogP contribution in [0.4, 0.5) is 15.8 Å². The lowest BCUT2D eigenvalue weighted by atomic mass is 9.99. The average Bonchev–Trinajstić information content (AvgIpc) is 2.27. The van der Waals surface area contributed by atoms with Gasteiger partial charge in [-0.3, -0.25) is 4.90 Å². The molecule has 0 aromatic heterocycles. The molecule has 0 atom stereocenters. The molecule has 5 heteroatoms. The fourth-order valence-electron chi connectivity index (χ4n) is 2.27. The second-order valence-electron chi connectivity index (χ2n) is 5.48. The van der Waals surface area contributed by atoms with Gasteiger partial charge >= 0.3 is 0 Å². The predicted octanol–water partition coefficient (Wildman–Crippen LogP) is 2.70. The number of likely N-dealkylation sites (N-methyl/N-ethyl adjacent to an activating group) is 1. The van der Waals surface area contributed by atoms with Gasteiger partial charge in [0.05, 0.1) is 15.8 Å². The van der Waals surface area contributed by atoms with Crippen molar-refractivity contribution in [3.8, 4) is 0 Å². The summed E-state index contributed by atoms with van der Waals surface area (Å²) in [6.45, 7) is 7.16. The molecule has 1 heterocycles. The van der Waals surface area contributed by atoms with Gasteiger partial charge in [-0.25, -0.2) is 4.39 Å². The van der Waals surface area contributed by atoms with Crippen LogP contribution in [0.5, 0.6) is 0 Å². The molecular weight excluding hydrogens is 297 g/mol. The molecule has 0 amide bonds. The average molecular weight is 316 g/mol. The molecule has 1 aliphatic heterocycles. The van der Waals surface area contributed by atoms with Crippen molar-refractivity contribution in [3.63, 3.8) is 0 Å². The minimum Gasteiger partial charge on any atom is -0.397 e. The third-order valence-electron chi connectivity index (χ3n) is 3.73. The second kappa shape index (κ2) is 4.70. The molecule has 2 rings (SSSR count). The van der Waals surface area contributed by atoms with Crippen LogP contribution in [0.2, 0.25) is 0 Å². The van der Waals surface area contributed by atoms with Crippen LogP contribution in [-0.2, 0) is 0 Å². The normalized spacial score (nSPS) is 20.2. The molecule has 1 aliphatic rings. The highest BCUT2D eigenvalue weighted by atomic mass is 79.9. The molecule has 1 aromatic rings. The highest BCUT2D eigenvalue weighted by molar-refractivity contribution is 9.10. The van der Waals surface area contributed by atoms with Gasteiger partial charge in [-0.15, -0.1) is 0 Å². The Morgan fingerprint density at radius 3 is 2.61 bits per heavy atom. The summed E-state index contributed by atoms with van der Waals surface area (Å²) in [6, 6.07) is 3.15. The van der Waals surface area contributed by atoms with Crippen molar-refractivity contribution in [1.29, 1.82) is 0 Å². The van der Waals surface area contributed by atoms with Gasteiger partial charge in [-0.05, 0) is 42.9 Å². The Morgan fingerprint density at radius 2 is 2.00 bits per heavy atom. The summed E-state index contributed by atoms with van der Waals surface area (Å²) in [7, 11) is 2.13. The van der Waals surface area contributed by atoms with Gasteiger partial charge < -0.3 is 10.6 Å². The van der Waals surface area contributed by atoms with Crippen molar-refractivity contribution in [2.75, 3.05) is 37.3 Å². The summed E-state index contributed by atoms with van der Waals surface area (Å²) >= 11 is 3.22. The van der Waals surface area contributed by atoms with E-state index < -0.39 is 0 Å². The van der Waals surface area contributed by atoms with Crippen LogP contribution in [0.3, 0.4) is 0 Å². The Labute approximate surface area is 116 Å². The van der Waals surface area contributed by atoms with E-state index in [-0.39, 0.29) is 11.4 Å². The minimum absolute atomic E-state index is 0.0888. The summed E-state index contributed by atoms with van der Waals surface area (Å²) in [6.07, 6.45) is 0. The molecule has 1 fully saturated rings. The Balaban J connectivity index is 2.30. The summed E-state index contributed by atoms with van der Waals surface area (Å²) < 4.78 is 13.8. The number of nitrogens with zero attached hydrogens (tertiary/aromatic N) is 2. The van der Waals surface area contributed by atoms with Gasteiger partial charge in [-0.2, -0.15) is 0 Å². The zero-order chi connectivity index (χ0) is 13.5. The molecule has 0 saturated carbocycles. The summed E-state index contributed by atoms with van der Waals surface area (Å²) in [5.41, 5.74) is 7.42. The van der Waals surface area contributed by atoms with Crippen molar-refractivity contribution in [1.82, 2.24) is 4.90 Å². The maximum Gasteiger partial charge on any atom is 0.139 e. The molecule has 0 radical (unpaired) electrons. The van der Waals surface area contributed by atoms with Crippen LogP contribution in [0.1, 0.15) is 13.8 Å². The van der Waals surface area contributed by atoms with Crippen LogP contribution >= 0.6 is 15.9 Å². The monoisotopic (exact) mass is 315 g/mol. The van der Waals surface area contributed by atoms with E-state index in [0.717, 1.165) is 25.3 Å². The number of rotatable bonds is 1. The molecule has 0 spiro atoms. The fourth-order valence-corrected chi connectivity index (χ4v) is 2.60. The summed E-state index contributed by atoms with van der Waals surface area (Å²) in [5, 5.41) is 0. The Hall–Kier alpha value is -0.810. The number of benzene rings is 1. The number of hydrogen-bond acceptors (Lipinski definition) is 3. The zero-order valence-corrected chi connectivity index (χ0v) is 12.6. The van der Waals surface area contributed by atoms with Crippen molar-refractivity contribution in [2.45, 2.75) is 19.4 Å². The van der Waals surface area contributed by atoms with E-state index in [1.165, 1.54) is 6.07 Å². The van der Waals surface area contributed by atoms with Crippen molar-refractivity contribution >= 4 is 27.3 Å². The van der Waals surface area contributed by atoms with Crippen LogP contribution < -0.4 is 10.6 Å². The van der Waals surface area contributed by atoms with E-state index in [9.17, 15) is 4.39 Å². The van der Waals surface area contributed by atoms with Crippen molar-refractivity contribution < 1.29 is 4.39 Å². The molecule has 2 N–H and O–H groups in total. The van der Waals surface area contributed by atoms with Gasteiger partial charge in [-0.1, -0.05) is 0 Å². The van der Waals surface area contributed by atoms with Gasteiger partial charge in [0.15, 0.2) is 0 Å². The standard InChI is InChI=1S/C13H19BrFN3/c1-13(2)8-18(5-4-17(13)3)12-6-9(14)10(15)7-11(12)16/h6-7H,4-5,8,16H2,1-3H3. The number of hydrogen-bond donors (Lipinski definition) is 1. The molecule has 18 heavy (non-hydrogen) atoms. The number of piperazine rings is 1.